The third kappa shape index (κ3) is 3.08. The zero-order valence-electron chi connectivity index (χ0n) is 10.7. The van der Waals surface area contributed by atoms with Crippen LogP contribution in [-0.4, -0.2) is 18.0 Å². The monoisotopic (exact) mass is 256 g/mol. The van der Waals surface area contributed by atoms with Gasteiger partial charge in [0.15, 0.2) is 0 Å². The molecule has 6 unspecified atom stereocenters. The van der Waals surface area contributed by atoms with Crippen LogP contribution in [0.15, 0.2) is 11.6 Å². The SMILES string of the molecule is CPC1CCC(C2=CCC(C)CC2)CC1P. The summed E-state index contributed by atoms with van der Waals surface area (Å²) in [6.45, 7) is 4.77. The van der Waals surface area contributed by atoms with E-state index in [1.165, 1.54) is 38.5 Å². The van der Waals surface area contributed by atoms with E-state index in [4.69, 9.17) is 0 Å². The van der Waals surface area contributed by atoms with Gasteiger partial charge in [-0.15, -0.1) is 17.8 Å². The average molecular weight is 256 g/mol. The quantitative estimate of drug-likeness (QED) is 0.505. The molecule has 0 bridgehead atoms. The van der Waals surface area contributed by atoms with Crippen molar-refractivity contribution in [3.8, 4) is 0 Å². The van der Waals surface area contributed by atoms with Crippen molar-refractivity contribution < 1.29 is 0 Å². The Kier molecular flexibility index (Phi) is 4.87. The van der Waals surface area contributed by atoms with Gasteiger partial charge in [-0.2, -0.15) is 0 Å². The lowest BCUT2D eigenvalue weighted by molar-refractivity contribution is 0.386. The molecule has 2 aliphatic rings. The second-order valence-corrected chi connectivity index (χ2v) is 7.90. The predicted octanol–water partition coefficient (Wildman–Crippen LogP) is 4.45. The first-order chi connectivity index (χ1) is 7.70. The van der Waals surface area contributed by atoms with Crippen LogP contribution in [0.5, 0.6) is 0 Å². The molecule has 0 amide bonds. The molecule has 16 heavy (non-hydrogen) atoms. The maximum atomic E-state index is 3.12. The Balaban J connectivity index is 1.92. The normalized spacial score (nSPS) is 41.3. The molecule has 2 aliphatic carbocycles. The second-order valence-electron chi connectivity index (χ2n) is 5.73. The summed E-state index contributed by atoms with van der Waals surface area (Å²) in [4.78, 5) is 0. The molecule has 6 atom stereocenters. The van der Waals surface area contributed by atoms with E-state index in [1.54, 1.807) is 0 Å². The highest BCUT2D eigenvalue weighted by Gasteiger charge is 2.29. The van der Waals surface area contributed by atoms with Crippen LogP contribution in [0, 0.1) is 11.8 Å². The zero-order chi connectivity index (χ0) is 11.5. The largest absolute Gasteiger partial charge is 0.134 e. The lowest BCUT2D eigenvalue weighted by Gasteiger charge is -2.36. The van der Waals surface area contributed by atoms with Gasteiger partial charge in [-0.1, -0.05) is 18.6 Å². The minimum Gasteiger partial charge on any atom is -0.134 e. The lowest BCUT2D eigenvalue weighted by atomic mass is 9.77. The fourth-order valence-electron chi connectivity index (χ4n) is 3.26. The van der Waals surface area contributed by atoms with Gasteiger partial charge < -0.3 is 0 Å². The first-order valence-corrected chi connectivity index (χ1v) is 9.07. The molecule has 92 valence electrons. The van der Waals surface area contributed by atoms with Crippen molar-refractivity contribution in [2.45, 2.75) is 56.8 Å². The standard InChI is InChI=1S/C14H26P2/c1-10-3-5-11(6-4-10)12-7-8-14(16-2)13(15)9-12/h5,10,12-14,16H,3-4,6-9,15H2,1-2H3. The molecule has 0 nitrogen and oxygen atoms in total. The van der Waals surface area contributed by atoms with Crippen molar-refractivity contribution >= 4 is 17.8 Å². The molecule has 2 heteroatoms. The van der Waals surface area contributed by atoms with Crippen molar-refractivity contribution in [3.05, 3.63) is 11.6 Å². The van der Waals surface area contributed by atoms with E-state index in [0.717, 1.165) is 31.7 Å². The van der Waals surface area contributed by atoms with Crippen molar-refractivity contribution in [2.24, 2.45) is 11.8 Å². The van der Waals surface area contributed by atoms with Crippen LogP contribution in [0.4, 0.5) is 0 Å². The number of hydrogen-bond acceptors (Lipinski definition) is 0. The van der Waals surface area contributed by atoms with E-state index in [9.17, 15) is 0 Å². The Labute approximate surface area is 105 Å². The van der Waals surface area contributed by atoms with E-state index in [1.807, 2.05) is 5.57 Å². The Hall–Kier alpha value is 0.600. The summed E-state index contributed by atoms with van der Waals surface area (Å²) in [6.07, 6.45) is 11.1. The highest BCUT2D eigenvalue weighted by Crippen LogP contribution is 2.42. The van der Waals surface area contributed by atoms with Gasteiger partial charge in [-0.05, 0) is 68.3 Å². The van der Waals surface area contributed by atoms with Crippen LogP contribution in [-0.2, 0) is 0 Å². The maximum absolute atomic E-state index is 3.12. The van der Waals surface area contributed by atoms with E-state index in [2.05, 4.69) is 28.9 Å². The molecule has 0 saturated heterocycles. The second kappa shape index (κ2) is 5.97. The molecule has 0 aromatic rings. The predicted molar refractivity (Wildman–Crippen MR) is 80.0 cm³/mol. The van der Waals surface area contributed by atoms with Gasteiger partial charge in [0, 0.05) is 0 Å². The Morgan fingerprint density at radius 1 is 1.31 bits per heavy atom. The summed E-state index contributed by atoms with van der Waals surface area (Å²) in [5.41, 5.74) is 3.70. The highest BCUT2D eigenvalue weighted by molar-refractivity contribution is 7.39. The van der Waals surface area contributed by atoms with E-state index < -0.39 is 0 Å². The van der Waals surface area contributed by atoms with Gasteiger partial charge in [0.1, 0.15) is 0 Å². The molecule has 0 N–H and O–H groups in total. The molecule has 0 spiro atoms. The third-order valence-electron chi connectivity index (χ3n) is 4.50. The molecule has 1 fully saturated rings. The molecule has 2 rings (SSSR count). The number of allylic oxidation sites excluding steroid dienone is 2. The average Bonchev–Trinajstić information content (AvgIpc) is 2.30. The van der Waals surface area contributed by atoms with Crippen LogP contribution in [0.25, 0.3) is 0 Å². The van der Waals surface area contributed by atoms with Crippen LogP contribution >= 0.6 is 17.8 Å². The maximum Gasteiger partial charge on any atom is -0.0176 e. The minimum absolute atomic E-state index is 0.891. The fraction of sp³-hybridized carbons (Fsp3) is 0.857. The van der Waals surface area contributed by atoms with Crippen LogP contribution in [0.2, 0.25) is 0 Å². The van der Waals surface area contributed by atoms with Gasteiger partial charge in [0.05, 0.1) is 0 Å². The molecule has 0 aromatic carbocycles. The van der Waals surface area contributed by atoms with E-state index in [-0.39, 0.29) is 0 Å². The molecule has 0 heterocycles. The van der Waals surface area contributed by atoms with Crippen LogP contribution in [0.3, 0.4) is 0 Å². The summed E-state index contributed by atoms with van der Waals surface area (Å²) in [6, 6.07) is 0. The van der Waals surface area contributed by atoms with Crippen LogP contribution in [0.1, 0.15) is 45.4 Å². The Morgan fingerprint density at radius 3 is 2.69 bits per heavy atom. The number of hydrogen-bond donors (Lipinski definition) is 0. The van der Waals surface area contributed by atoms with Crippen LogP contribution < -0.4 is 0 Å². The summed E-state index contributed by atoms with van der Waals surface area (Å²) >= 11 is 0. The fourth-order valence-corrected chi connectivity index (χ4v) is 5.37. The topological polar surface area (TPSA) is 0 Å². The number of rotatable bonds is 2. The summed E-state index contributed by atoms with van der Waals surface area (Å²) in [5, 5.41) is 0. The summed E-state index contributed by atoms with van der Waals surface area (Å²) < 4.78 is 0. The lowest BCUT2D eigenvalue weighted by Crippen LogP contribution is -2.27. The molecule has 0 radical (unpaired) electrons. The smallest absolute Gasteiger partial charge is 0.0176 e. The molecular formula is C14H26P2. The van der Waals surface area contributed by atoms with Gasteiger partial charge in [-0.3, -0.25) is 0 Å². The van der Waals surface area contributed by atoms with Crippen molar-refractivity contribution in [1.29, 1.82) is 0 Å². The van der Waals surface area contributed by atoms with Gasteiger partial charge in [0.2, 0.25) is 0 Å². The van der Waals surface area contributed by atoms with E-state index in [0.29, 0.717) is 0 Å². The zero-order valence-corrected chi connectivity index (χ0v) is 12.9. The third-order valence-corrected chi connectivity index (χ3v) is 7.08. The minimum atomic E-state index is 0.891. The molecule has 0 aromatic heterocycles. The summed E-state index contributed by atoms with van der Waals surface area (Å²) in [5.74, 6) is 1.87. The summed E-state index contributed by atoms with van der Waals surface area (Å²) in [7, 11) is 4.26. The van der Waals surface area contributed by atoms with E-state index >= 15 is 0 Å². The van der Waals surface area contributed by atoms with Crippen molar-refractivity contribution in [3.63, 3.8) is 0 Å². The van der Waals surface area contributed by atoms with Gasteiger partial charge >= 0.3 is 0 Å². The molecular weight excluding hydrogens is 230 g/mol. The Morgan fingerprint density at radius 2 is 2.12 bits per heavy atom. The van der Waals surface area contributed by atoms with Crippen molar-refractivity contribution in [2.75, 3.05) is 6.66 Å². The highest BCUT2D eigenvalue weighted by atomic mass is 31.1. The van der Waals surface area contributed by atoms with Gasteiger partial charge in [0.25, 0.3) is 0 Å². The first kappa shape index (κ1) is 13.0. The van der Waals surface area contributed by atoms with Crippen molar-refractivity contribution in [1.82, 2.24) is 0 Å². The van der Waals surface area contributed by atoms with Gasteiger partial charge in [-0.25, -0.2) is 0 Å². The first-order valence-electron chi connectivity index (χ1n) is 6.82. The molecule has 0 aliphatic heterocycles. The Bertz CT molecular complexity index is 259. The molecule has 1 saturated carbocycles.